The molecule has 0 aromatic heterocycles. The average Bonchev–Trinajstić information content (AvgIpc) is 2.65. The van der Waals surface area contributed by atoms with Crippen molar-refractivity contribution in [3.63, 3.8) is 0 Å². The Balaban J connectivity index is 2.11. The molecule has 0 bridgehead atoms. The number of nitrogens with zero attached hydrogens (tertiary/aromatic N) is 1. The van der Waals surface area contributed by atoms with Crippen LogP contribution in [0, 0.1) is 0 Å². The minimum atomic E-state index is -0.625. The SMILES string of the molecule is C[C@H](C(=O)NC(C)(C)C)N(Cc1ccccc1Cl)C(=O)CSCc1cccc(Cl)c1. The zero-order valence-electron chi connectivity index (χ0n) is 17.7. The molecule has 0 aliphatic rings. The standard InChI is InChI=1S/C23H28Cl2N2O2S/c1-16(22(29)26-23(2,3)4)27(13-18-9-5-6-11-20(18)25)21(28)15-30-14-17-8-7-10-19(24)12-17/h5-12,16H,13-15H2,1-4H3,(H,26,29)/t16-/m1/s1. The Hall–Kier alpha value is -1.69. The van der Waals surface area contributed by atoms with Gasteiger partial charge in [0.05, 0.1) is 5.75 Å². The van der Waals surface area contributed by atoms with E-state index in [1.165, 1.54) is 11.8 Å². The average molecular weight is 467 g/mol. The predicted octanol–water partition coefficient (Wildman–Crippen LogP) is 5.56. The van der Waals surface area contributed by atoms with Gasteiger partial charge in [-0.2, -0.15) is 0 Å². The number of amides is 2. The van der Waals surface area contributed by atoms with Gasteiger partial charge in [0, 0.05) is 27.9 Å². The lowest BCUT2D eigenvalue weighted by Gasteiger charge is -2.31. The van der Waals surface area contributed by atoms with Crippen LogP contribution in [-0.4, -0.2) is 34.0 Å². The first-order valence-corrected chi connectivity index (χ1v) is 11.6. The molecule has 2 rings (SSSR count). The molecule has 0 saturated heterocycles. The van der Waals surface area contributed by atoms with Crippen molar-refractivity contribution < 1.29 is 9.59 Å². The molecular weight excluding hydrogens is 439 g/mol. The fourth-order valence-electron chi connectivity index (χ4n) is 2.83. The highest BCUT2D eigenvalue weighted by molar-refractivity contribution is 7.99. The van der Waals surface area contributed by atoms with Gasteiger partial charge in [0.25, 0.3) is 0 Å². The number of thioether (sulfide) groups is 1. The van der Waals surface area contributed by atoms with E-state index in [1.54, 1.807) is 17.9 Å². The van der Waals surface area contributed by atoms with Crippen molar-refractivity contribution in [3.05, 3.63) is 69.7 Å². The number of halogens is 2. The molecule has 1 atom stereocenters. The summed E-state index contributed by atoms with van der Waals surface area (Å²) in [5.41, 5.74) is 1.48. The number of hydrogen-bond donors (Lipinski definition) is 1. The van der Waals surface area contributed by atoms with Crippen molar-refractivity contribution in [3.8, 4) is 0 Å². The molecule has 2 aromatic rings. The number of carbonyl (C=O) groups is 2. The Bertz CT molecular complexity index is 884. The molecule has 2 aromatic carbocycles. The van der Waals surface area contributed by atoms with Crippen LogP contribution in [0.4, 0.5) is 0 Å². The number of hydrogen-bond acceptors (Lipinski definition) is 3. The molecule has 1 N–H and O–H groups in total. The van der Waals surface area contributed by atoms with Gasteiger partial charge < -0.3 is 10.2 Å². The zero-order valence-corrected chi connectivity index (χ0v) is 20.1. The highest BCUT2D eigenvalue weighted by atomic mass is 35.5. The van der Waals surface area contributed by atoms with Gasteiger partial charge in [-0.15, -0.1) is 11.8 Å². The van der Waals surface area contributed by atoms with Crippen LogP contribution in [0.25, 0.3) is 0 Å². The lowest BCUT2D eigenvalue weighted by molar-refractivity contribution is -0.139. The molecule has 7 heteroatoms. The summed E-state index contributed by atoms with van der Waals surface area (Å²) >= 11 is 13.8. The zero-order chi connectivity index (χ0) is 22.3. The highest BCUT2D eigenvalue weighted by Crippen LogP contribution is 2.21. The van der Waals surface area contributed by atoms with E-state index in [1.807, 2.05) is 63.2 Å². The molecule has 2 amide bonds. The van der Waals surface area contributed by atoms with Crippen molar-refractivity contribution in [2.24, 2.45) is 0 Å². The van der Waals surface area contributed by atoms with Crippen molar-refractivity contribution in [1.29, 1.82) is 0 Å². The summed E-state index contributed by atoms with van der Waals surface area (Å²) < 4.78 is 0. The largest absolute Gasteiger partial charge is 0.350 e. The van der Waals surface area contributed by atoms with Crippen LogP contribution in [0.3, 0.4) is 0 Å². The minimum absolute atomic E-state index is 0.112. The quantitative estimate of drug-likeness (QED) is 0.553. The summed E-state index contributed by atoms with van der Waals surface area (Å²) in [6.07, 6.45) is 0. The second-order valence-corrected chi connectivity index (χ2v) is 9.98. The van der Waals surface area contributed by atoms with Crippen molar-refractivity contribution in [2.75, 3.05) is 5.75 Å². The summed E-state index contributed by atoms with van der Waals surface area (Å²) in [5, 5.41) is 4.20. The molecule has 0 aliphatic heterocycles. The summed E-state index contributed by atoms with van der Waals surface area (Å²) in [5.74, 6) is 0.611. The van der Waals surface area contributed by atoms with E-state index in [0.29, 0.717) is 15.8 Å². The Morgan fingerprint density at radius 2 is 1.80 bits per heavy atom. The molecule has 0 saturated carbocycles. The summed E-state index contributed by atoms with van der Waals surface area (Å²) in [4.78, 5) is 27.4. The van der Waals surface area contributed by atoms with E-state index >= 15 is 0 Å². The van der Waals surface area contributed by atoms with E-state index in [2.05, 4.69) is 5.32 Å². The van der Waals surface area contributed by atoms with Crippen LogP contribution < -0.4 is 5.32 Å². The summed E-state index contributed by atoms with van der Waals surface area (Å²) in [6, 6.07) is 14.3. The van der Waals surface area contributed by atoms with Gasteiger partial charge >= 0.3 is 0 Å². The molecule has 30 heavy (non-hydrogen) atoms. The van der Waals surface area contributed by atoms with Gasteiger partial charge in [-0.1, -0.05) is 53.5 Å². The second-order valence-electron chi connectivity index (χ2n) is 8.15. The van der Waals surface area contributed by atoms with Crippen LogP contribution in [0.15, 0.2) is 48.5 Å². The smallest absolute Gasteiger partial charge is 0.242 e. The van der Waals surface area contributed by atoms with E-state index in [0.717, 1.165) is 11.1 Å². The van der Waals surface area contributed by atoms with Gasteiger partial charge in [-0.25, -0.2) is 0 Å². The van der Waals surface area contributed by atoms with Crippen LogP contribution >= 0.6 is 35.0 Å². The fraction of sp³-hybridized carbons (Fsp3) is 0.391. The van der Waals surface area contributed by atoms with E-state index in [4.69, 9.17) is 23.2 Å². The fourth-order valence-corrected chi connectivity index (χ4v) is 4.10. The van der Waals surface area contributed by atoms with Crippen LogP contribution in [0.1, 0.15) is 38.8 Å². The van der Waals surface area contributed by atoms with Gasteiger partial charge in [0.2, 0.25) is 11.8 Å². The lowest BCUT2D eigenvalue weighted by atomic mass is 10.1. The second kappa shape index (κ2) is 11.1. The first kappa shape index (κ1) is 24.6. The third-order valence-electron chi connectivity index (χ3n) is 4.35. The first-order chi connectivity index (χ1) is 14.1. The number of benzene rings is 2. The van der Waals surface area contributed by atoms with Crippen LogP contribution in [-0.2, 0) is 21.9 Å². The Kier molecular flexibility index (Phi) is 9.08. The Labute approximate surface area is 193 Å². The summed E-state index contributed by atoms with van der Waals surface area (Å²) in [6.45, 7) is 7.77. The predicted molar refractivity (Wildman–Crippen MR) is 127 cm³/mol. The van der Waals surface area contributed by atoms with Crippen LogP contribution in [0.2, 0.25) is 10.0 Å². The maximum Gasteiger partial charge on any atom is 0.242 e. The highest BCUT2D eigenvalue weighted by Gasteiger charge is 2.28. The van der Waals surface area contributed by atoms with E-state index < -0.39 is 6.04 Å². The van der Waals surface area contributed by atoms with Crippen molar-refractivity contribution in [1.82, 2.24) is 10.2 Å². The molecule has 4 nitrogen and oxygen atoms in total. The van der Waals surface area contributed by atoms with Gasteiger partial charge in [-0.3, -0.25) is 9.59 Å². The molecule has 0 heterocycles. The first-order valence-electron chi connectivity index (χ1n) is 9.74. The molecule has 0 radical (unpaired) electrons. The topological polar surface area (TPSA) is 49.4 Å². The number of carbonyl (C=O) groups excluding carboxylic acids is 2. The van der Waals surface area contributed by atoms with Gasteiger partial charge in [-0.05, 0) is 57.0 Å². The molecule has 0 aliphatic carbocycles. The van der Waals surface area contributed by atoms with E-state index in [-0.39, 0.29) is 29.7 Å². The molecule has 0 unspecified atom stereocenters. The van der Waals surface area contributed by atoms with Gasteiger partial charge in [0.1, 0.15) is 6.04 Å². The lowest BCUT2D eigenvalue weighted by Crippen LogP contribution is -2.52. The molecule has 0 fully saturated rings. The van der Waals surface area contributed by atoms with Crippen molar-refractivity contribution >= 4 is 46.8 Å². The molecular formula is C23H28Cl2N2O2S. The maximum absolute atomic E-state index is 13.1. The van der Waals surface area contributed by atoms with E-state index in [9.17, 15) is 9.59 Å². The Morgan fingerprint density at radius 3 is 2.43 bits per heavy atom. The summed E-state index contributed by atoms with van der Waals surface area (Å²) in [7, 11) is 0. The molecule has 162 valence electrons. The molecule has 0 spiro atoms. The number of rotatable bonds is 8. The normalized spacial score (nSPS) is 12.3. The number of nitrogens with one attached hydrogen (secondary N) is 1. The van der Waals surface area contributed by atoms with Gasteiger partial charge in [0.15, 0.2) is 0 Å². The monoisotopic (exact) mass is 466 g/mol. The third kappa shape index (κ3) is 7.86. The van der Waals surface area contributed by atoms with Crippen LogP contribution in [0.5, 0.6) is 0 Å². The minimum Gasteiger partial charge on any atom is -0.350 e. The maximum atomic E-state index is 13.1. The van der Waals surface area contributed by atoms with Crippen molar-refractivity contribution in [2.45, 2.75) is 51.6 Å². The third-order valence-corrected chi connectivity index (χ3v) is 5.94. The Morgan fingerprint density at radius 1 is 1.10 bits per heavy atom.